The summed E-state index contributed by atoms with van der Waals surface area (Å²) in [5.41, 5.74) is 3.90. The minimum absolute atomic E-state index is 0.0591. The van der Waals surface area contributed by atoms with Crippen molar-refractivity contribution >= 4 is 33.2 Å². The Kier molecular flexibility index (Phi) is 7.14. The highest BCUT2D eigenvalue weighted by Gasteiger charge is 2.08. The van der Waals surface area contributed by atoms with Gasteiger partial charge in [0, 0.05) is 17.9 Å². The number of amides is 1. The van der Waals surface area contributed by atoms with E-state index < -0.39 is 0 Å². The zero-order valence-corrected chi connectivity index (χ0v) is 18.0. The number of methoxy groups -OCH3 is 1. The number of carbonyl (C=O) groups excluding carboxylic acids is 1. The van der Waals surface area contributed by atoms with Crippen molar-refractivity contribution in [3.8, 4) is 11.5 Å². The van der Waals surface area contributed by atoms with Gasteiger partial charge >= 0.3 is 0 Å². The third-order valence-electron chi connectivity index (χ3n) is 4.36. The molecule has 0 spiro atoms. The topological polar surface area (TPSA) is 59.6 Å². The summed E-state index contributed by atoms with van der Waals surface area (Å²) in [6, 6.07) is 21.2. The molecular weight excluding hydrogens is 432 g/mol. The summed E-state index contributed by atoms with van der Waals surface area (Å²) in [5, 5.41) is 6.22. The summed E-state index contributed by atoms with van der Waals surface area (Å²) in [6.45, 7) is 2.56. The van der Waals surface area contributed by atoms with Gasteiger partial charge in [0.2, 0.25) is 0 Å². The molecule has 0 bridgehead atoms. The summed E-state index contributed by atoms with van der Waals surface area (Å²) in [6.07, 6.45) is 0. The van der Waals surface area contributed by atoms with Crippen molar-refractivity contribution in [2.24, 2.45) is 0 Å². The molecule has 3 rings (SSSR count). The van der Waals surface area contributed by atoms with Gasteiger partial charge in [-0.2, -0.15) is 0 Å². The largest absolute Gasteiger partial charge is 0.497 e. The Morgan fingerprint density at radius 1 is 1.03 bits per heavy atom. The van der Waals surface area contributed by atoms with Crippen molar-refractivity contribution < 1.29 is 14.3 Å². The fourth-order valence-corrected chi connectivity index (χ4v) is 3.27. The normalized spacial score (nSPS) is 10.3. The maximum Gasteiger partial charge on any atom is 0.262 e. The molecule has 0 heterocycles. The molecule has 0 unspecified atom stereocenters. The van der Waals surface area contributed by atoms with Gasteiger partial charge in [-0.1, -0.05) is 24.3 Å². The smallest absolute Gasteiger partial charge is 0.262 e. The van der Waals surface area contributed by atoms with Crippen LogP contribution in [0.5, 0.6) is 11.5 Å². The van der Waals surface area contributed by atoms with E-state index in [2.05, 4.69) is 26.6 Å². The molecule has 5 nitrogen and oxygen atoms in total. The molecule has 2 N–H and O–H groups in total. The molecule has 29 heavy (non-hydrogen) atoms. The van der Waals surface area contributed by atoms with Crippen molar-refractivity contribution in [3.63, 3.8) is 0 Å². The van der Waals surface area contributed by atoms with Crippen LogP contribution in [0.3, 0.4) is 0 Å². The molecule has 3 aromatic rings. The van der Waals surface area contributed by atoms with Gasteiger partial charge in [0.05, 0.1) is 11.6 Å². The predicted octanol–water partition coefficient (Wildman–Crippen LogP) is 5.40. The number of nitrogens with one attached hydrogen (secondary N) is 2. The Labute approximate surface area is 179 Å². The van der Waals surface area contributed by atoms with Gasteiger partial charge < -0.3 is 20.1 Å². The standard InChI is InChI=1S/C23H23BrN2O3/c1-16-5-3-4-6-21(16)26-23(27)15-29-22-12-7-17(13-20(22)24)14-25-18-8-10-19(28-2)11-9-18/h3-13,25H,14-15H2,1-2H3,(H,26,27). The number of para-hydroxylation sites is 1. The fraction of sp³-hybridized carbons (Fsp3) is 0.174. The Morgan fingerprint density at radius 3 is 2.48 bits per heavy atom. The average Bonchev–Trinajstić information content (AvgIpc) is 2.73. The van der Waals surface area contributed by atoms with Crippen molar-refractivity contribution in [1.29, 1.82) is 0 Å². The van der Waals surface area contributed by atoms with E-state index in [0.29, 0.717) is 12.3 Å². The quantitative estimate of drug-likeness (QED) is 0.478. The second kappa shape index (κ2) is 9.98. The highest BCUT2D eigenvalue weighted by Crippen LogP contribution is 2.27. The number of aryl methyl sites for hydroxylation is 1. The molecule has 0 saturated carbocycles. The van der Waals surface area contributed by atoms with Crippen LogP contribution in [0.15, 0.2) is 71.2 Å². The summed E-state index contributed by atoms with van der Waals surface area (Å²) < 4.78 is 11.6. The van der Waals surface area contributed by atoms with Crippen LogP contribution in [-0.2, 0) is 11.3 Å². The first-order valence-electron chi connectivity index (χ1n) is 9.20. The van der Waals surface area contributed by atoms with Crippen LogP contribution in [0.1, 0.15) is 11.1 Å². The summed E-state index contributed by atoms with van der Waals surface area (Å²) >= 11 is 3.52. The molecule has 0 aromatic heterocycles. The summed E-state index contributed by atoms with van der Waals surface area (Å²) in [4.78, 5) is 12.2. The number of halogens is 1. The highest BCUT2D eigenvalue weighted by molar-refractivity contribution is 9.10. The van der Waals surface area contributed by atoms with Gasteiger partial charge in [-0.25, -0.2) is 0 Å². The van der Waals surface area contributed by atoms with E-state index >= 15 is 0 Å². The summed E-state index contributed by atoms with van der Waals surface area (Å²) in [5.74, 6) is 1.25. The first-order chi connectivity index (χ1) is 14.0. The lowest BCUT2D eigenvalue weighted by Crippen LogP contribution is -2.20. The van der Waals surface area contributed by atoms with Crippen molar-refractivity contribution in [3.05, 3.63) is 82.3 Å². The number of hydrogen-bond donors (Lipinski definition) is 2. The lowest BCUT2D eigenvalue weighted by atomic mass is 10.2. The van der Waals surface area contributed by atoms with Crippen LogP contribution in [-0.4, -0.2) is 19.6 Å². The Morgan fingerprint density at radius 2 is 1.79 bits per heavy atom. The van der Waals surface area contributed by atoms with E-state index in [1.54, 1.807) is 7.11 Å². The van der Waals surface area contributed by atoms with Crippen molar-refractivity contribution in [2.45, 2.75) is 13.5 Å². The Bertz CT molecular complexity index is 974. The second-order valence-electron chi connectivity index (χ2n) is 6.50. The average molecular weight is 455 g/mol. The van der Waals surface area contributed by atoms with Crippen LogP contribution in [0.25, 0.3) is 0 Å². The van der Waals surface area contributed by atoms with Crippen molar-refractivity contribution in [1.82, 2.24) is 0 Å². The van der Waals surface area contributed by atoms with Gasteiger partial charge in [0.25, 0.3) is 5.91 Å². The molecule has 6 heteroatoms. The van der Waals surface area contributed by atoms with Crippen LogP contribution < -0.4 is 20.1 Å². The third-order valence-corrected chi connectivity index (χ3v) is 4.98. The number of ether oxygens (including phenoxy) is 2. The third kappa shape index (κ3) is 5.99. The molecule has 0 radical (unpaired) electrons. The maximum absolute atomic E-state index is 12.2. The monoisotopic (exact) mass is 454 g/mol. The number of hydrogen-bond acceptors (Lipinski definition) is 4. The van der Waals surface area contributed by atoms with Gasteiger partial charge in [0.1, 0.15) is 11.5 Å². The number of benzene rings is 3. The summed E-state index contributed by atoms with van der Waals surface area (Å²) in [7, 11) is 1.65. The SMILES string of the molecule is COc1ccc(NCc2ccc(OCC(=O)Nc3ccccc3C)c(Br)c2)cc1. The van der Waals surface area contributed by atoms with E-state index in [0.717, 1.165) is 32.7 Å². The number of rotatable bonds is 8. The predicted molar refractivity (Wildman–Crippen MR) is 120 cm³/mol. The van der Waals surface area contributed by atoms with Crippen molar-refractivity contribution in [2.75, 3.05) is 24.4 Å². The van der Waals surface area contributed by atoms with Crippen LogP contribution in [0, 0.1) is 6.92 Å². The van der Waals surface area contributed by atoms with Gasteiger partial charge in [0.15, 0.2) is 6.61 Å². The number of anilines is 2. The van der Waals surface area contributed by atoms with Gasteiger partial charge in [-0.05, 0) is 76.4 Å². The Hall–Kier alpha value is -2.99. The van der Waals surface area contributed by atoms with E-state index in [-0.39, 0.29) is 12.5 Å². The lowest BCUT2D eigenvalue weighted by molar-refractivity contribution is -0.118. The molecule has 0 saturated heterocycles. The maximum atomic E-state index is 12.2. The van der Waals surface area contributed by atoms with Gasteiger partial charge in [-0.15, -0.1) is 0 Å². The molecule has 3 aromatic carbocycles. The molecule has 0 atom stereocenters. The molecule has 1 amide bonds. The van der Waals surface area contributed by atoms with Gasteiger partial charge in [-0.3, -0.25) is 4.79 Å². The second-order valence-corrected chi connectivity index (χ2v) is 7.35. The van der Waals surface area contributed by atoms with Crippen LogP contribution in [0.4, 0.5) is 11.4 Å². The molecular formula is C23H23BrN2O3. The Balaban J connectivity index is 1.52. The van der Waals surface area contributed by atoms with Crippen LogP contribution >= 0.6 is 15.9 Å². The first kappa shape index (κ1) is 20.7. The minimum atomic E-state index is -0.198. The number of carbonyl (C=O) groups is 1. The molecule has 0 fully saturated rings. The minimum Gasteiger partial charge on any atom is -0.497 e. The highest BCUT2D eigenvalue weighted by atomic mass is 79.9. The molecule has 150 valence electrons. The fourth-order valence-electron chi connectivity index (χ4n) is 2.73. The first-order valence-corrected chi connectivity index (χ1v) is 9.99. The van der Waals surface area contributed by atoms with E-state index in [1.807, 2.05) is 73.7 Å². The molecule has 0 aliphatic carbocycles. The van der Waals surface area contributed by atoms with E-state index in [1.165, 1.54) is 0 Å². The van der Waals surface area contributed by atoms with E-state index in [4.69, 9.17) is 9.47 Å². The van der Waals surface area contributed by atoms with E-state index in [9.17, 15) is 4.79 Å². The molecule has 0 aliphatic heterocycles. The zero-order valence-electron chi connectivity index (χ0n) is 16.4. The van der Waals surface area contributed by atoms with Crippen LogP contribution in [0.2, 0.25) is 0 Å². The lowest BCUT2D eigenvalue weighted by Gasteiger charge is -2.12. The molecule has 0 aliphatic rings. The zero-order chi connectivity index (χ0) is 20.6.